The van der Waals surface area contributed by atoms with Crippen molar-refractivity contribution < 1.29 is 0 Å². The summed E-state index contributed by atoms with van der Waals surface area (Å²) in [5.74, 6) is 0. The van der Waals surface area contributed by atoms with Crippen LogP contribution in [-0.2, 0) is 0 Å². The molecule has 1 aromatic carbocycles. The number of para-hydroxylation sites is 1. The van der Waals surface area contributed by atoms with Crippen molar-refractivity contribution in [3.8, 4) is 0 Å². The van der Waals surface area contributed by atoms with E-state index in [1.807, 2.05) is 0 Å². The molecule has 0 unspecified atom stereocenters. The van der Waals surface area contributed by atoms with Gasteiger partial charge in [-0.25, -0.2) is 0 Å². The van der Waals surface area contributed by atoms with Gasteiger partial charge in [-0.05, 0) is 40.0 Å². The normalized spacial score (nSPS) is 17.7. The molecule has 0 atom stereocenters. The molecule has 2 heteroatoms. The van der Waals surface area contributed by atoms with E-state index >= 15 is 0 Å². The number of hydrogen-bond donors (Lipinski definition) is 0. The minimum Gasteiger partial charge on any atom is -0.368 e. The summed E-state index contributed by atoms with van der Waals surface area (Å²) in [7, 11) is 2.23. The molecule has 0 bridgehead atoms. The lowest BCUT2D eigenvalue weighted by Gasteiger charge is -2.49. The summed E-state index contributed by atoms with van der Waals surface area (Å²) < 4.78 is 0. The van der Waals surface area contributed by atoms with E-state index in [2.05, 4.69) is 68.0 Å². The average molecular weight is 218 g/mol. The molecule has 1 saturated heterocycles. The maximum absolute atomic E-state index is 2.48. The molecule has 1 aliphatic rings. The third-order valence-electron chi connectivity index (χ3n) is 3.59. The highest BCUT2D eigenvalue weighted by molar-refractivity contribution is 5.49. The fraction of sp³-hybridized carbons (Fsp3) is 0.571. The molecule has 1 fully saturated rings. The van der Waals surface area contributed by atoms with Crippen molar-refractivity contribution in [3.63, 3.8) is 0 Å². The number of hydrogen-bond acceptors (Lipinski definition) is 2. The Morgan fingerprint density at radius 2 is 1.69 bits per heavy atom. The van der Waals surface area contributed by atoms with Crippen LogP contribution in [0, 0.1) is 0 Å². The summed E-state index contributed by atoms with van der Waals surface area (Å²) in [6.45, 7) is 9.13. The molecule has 1 heterocycles. The second-order valence-corrected chi connectivity index (χ2v) is 5.68. The molecule has 0 aliphatic carbocycles. The SMILES string of the molecule is CN(C1CN(c2ccccc2)C1)C(C)(C)C. The van der Waals surface area contributed by atoms with Gasteiger partial charge in [0.2, 0.25) is 0 Å². The number of rotatable bonds is 2. The van der Waals surface area contributed by atoms with Gasteiger partial charge in [-0.2, -0.15) is 0 Å². The van der Waals surface area contributed by atoms with Crippen LogP contribution in [0.4, 0.5) is 5.69 Å². The van der Waals surface area contributed by atoms with E-state index in [1.165, 1.54) is 5.69 Å². The Balaban J connectivity index is 1.91. The lowest BCUT2D eigenvalue weighted by atomic mass is 9.99. The Morgan fingerprint density at radius 3 is 2.19 bits per heavy atom. The summed E-state index contributed by atoms with van der Waals surface area (Å²) in [4.78, 5) is 4.92. The van der Waals surface area contributed by atoms with Crippen LogP contribution in [-0.4, -0.2) is 36.6 Å². The summed E-state index contributed by atoms with van der Waals surface area (Å²) in [5, 5.41) is 0. The molecule has 0 radical (unpaired) electrons. The van der Waals surface area contributed by atoms with Gasteiger partial charge in [0.15, 0.2) is 0 Å². The van der Waals surface area contributed by atoms with Crippen molar-refractivity contribution in [3.05, 3.63) is 30.3 Å². The minimum absolute atomic E-state index is 0.271. The molecule has 88 valence electrons. The summed E-state index contributed by atoms with van der Waals surface area (Å²) in [6, 6.07) is 11.4. The Bertz CT molecular complexity index is 334. The van der Waals surface area contributed by atoms with Crippen molar-refractivity contribution in [1.82, 2.24) is 4.90 Å². The predicted molar refractivity (Wildman–Crippen MR) is 70.0 cm³/mol. The maximum atomic E-state index is 2.48. The summed E-state index contributed by atoms with van der Waals surface area (Å²) >= 11 is 0. The van der Waals surface area contributed by atoms with Crippen LogP contribution in [0.15, 0.2) is 30.3 Å². The number of benzene rings is 1. The monoisotopic (exact) mass is 218 g/mol. The number of nitrogens with zero attached hydrogens (tertiary/aromatic N) is 2. The quantitative estimate of drug-likeness (QED) is 0.753. The standard InChI is InChI=1S/C14H22N2/c1-14(2,3)15(4)13-10-16(11-13)12-8-6-5-7-9-12/h5-9,13H,10-11H2,1-4H3. The van der Waals surface area contributed by atoms with Crippen molar-refractivity contribution in [2.75, 3.05) is 25.0 Å². The van der Waals surface area contributed by atoms with Gasteiger partial charge in [-0.15, -0.1) is 0 Å². The lowest BCUT2D eigenvalue weighted by molar-refractivity contribution is 0.0974. The van der Waals surface area contributed by atoms with Crippen LogP contribution in [0.1, 0.15) is 20.8 Å². The molecule has 2 nitrogen and oxygen atoms in total. The topological polar surface area (TPSA) is 6.48 Å². The fourth-order valence-electron chi connectivity index (χ4n) is 2.10. The Kier molecular flexibility index (Phi) is 2.94. The highest BCUT2D eigenvalue weighted by atomic mass is 15.3. The van der Waals surface area contributed by atoms with Gasteiger partial charge in [0.05, 0.1) is 0 Å². The largest absolute Gasteiger partial charge is 0.368 e. The van der Waals surface area contributed by atoms with Gasteiger partial charge in [-0.3, -0.25) is 4.90 Å². The first-order chi connectivity index (χ1) is 7.48. The van der Waals surface area contributed by atoms with Crippen LogP contribution in [0.2, 0.25) is 0 Å². The van der Waals surface area contributed by atoms with E-state index < -0.39 is 0 Å². The first-order valence-corrected chi connectivity index (χ1v) is 6.01. The van der Waals surface area contributed by atoms with Crippen LogP contribution < -0.4 is 4.90 Å². The van der Waals surface area contributed by atoms with Crippen LogP contribution >= 0.6 is 0 Å². The molecule has 0 amide bonds. The highest BCUT2D eigenvalue weighted by Gasteiger charge is 2.34. The van der Waals surface area contributed by atoms with Gasteiger partial charge < -0.3 is 4.90 Å². The summed E-state index contributed by atoms with van der Waals surface area (Å²) in [5.41, 5.74) is 1.62. The first kappa shape index (κ1) is 11.5. The molecule has 0 aromatic heterocycles. The van der Waals surface area contributed by atoms with Crippen molar-refractivity contribution >= 4 is 5.69 Å². The zero-order chi connectivity index (χ0) is 11.8. The molecule has 0 saturated carbocycles. The van der Waals surface area contributed by atoms with Crippen molar-refractivity contribution in [2.24, 2.45) is 0 Å². The van der Waals surface area contributed by atoms with Gasteiger partial charge in [0, 0.05) is 30.4 Å². The van der Waals surface area contributed by atoms with E-state index in [-0.39, 0.29) is 5.54 Å². The van der Waals surface area contributed by atoms with E-state index in [0.29, 0.717) is 6.04 Å². The van der Waals surface area contributed by atoms with Crippen LogP contribution in [0.5, 0.6) is 0 Å². The number of likely N-dealkylation sites (N-methyl/N-ethyl adjacent to an activating group) is 1. The smallest absolute Gasteiger partial charge is 0.0448 e. The molecule has 0 spiro atoms. The number of anilines is 1. The molecule has 16 heavy (non-hydrogen) atoms. The molecular formula is C14H22N2. The Labute approximate surface area is 98.9 Å². The Morgan fingerprint density at radius 1 is 1.12 bits per heavy atom. The minimum atomic E-state index is 0.271. The summed E-state index contributed by atoms with van der Waals surface area (Å²) in [6.07, 6.45) is 0. The molecule has 1 aromatic rings. The highest BCUT2D eigenvalue weighted by Crippen LogP contribution is 2.26. The zero-order valence-electron chi connectivity index (χ0n) is 10.8. The van der Waals surface area contributed by atoms with Crippen molar-refractivity contribution in [2.45, 2.75) is 32.4 Å². The van der Waals surface area contributed by atoms with E-state index in [4.69, 9.17) is 0 Å². The lowest BCUT2D eigenvalue weighted by Crippen LogP contribution is -2.62. The first-order valence-electron chi connectivity index (χ1n) is 6.01. The van der Waals surface area contributed by atoms with E-state index in [0.717, 1.165) is 13.1 Å². The molecule has 0 N–H and O–H groups in total. The molecular weight excluding hydrogens is 196 g/mol. The van der Waals surface area contributed by atoms with Gasteiger partial charge in [0.25, 0.3) is 0 Å². The predicted octanol–water partition coefficient (Wildman–Crippen LogP) is 2.61. The van der Waals surface area contributed by atoms with E-state index in [9.17, 15) is 0 Å². The third-order valence-corrected chi connectivity index (χ3v) is 3.59. The Hall–Kier alpha value is -1.02. The van der Waals surface area contributed by atoms with Gasteiger partial charge >= 0.3 is 0 Å². The zero-order valence-corrected chi connectivity index (χ0v) is 10.8. The van der Waals surface area contributed by atoms with E-state index in [1.54, 1.807) is 0 Å². The molecule has 2 rings (SSSR count). The van der Waals surface area contributed by atoms with Crippen LogP contribution in [0.25, 0.3) is 0 Å². The second kappa shape index (κ2) is 4.10. The molecule has 1 aliphatic heterocycles. The van der Waals surface area contributed by atoms with Gasteiger partial charge in [0.1, 0.15) is 0 Å². The maximum Gasteiger partial charge on any atom is 0.0448 e. The second-order valence-electron chi connectivity index (χ2n) is 5.68. The third kappa shape index (κ3) is 2.22. The van der Waals surface area contributed by atoms with Gasteiger partial charge in [-0.1, -0.05) is 18.2 Å². The fourth-order valence-corrected chi connectivity index (χ4v) is 2.10. The average Bonchev–Trinajstić information content (AvgIpc) is 2.15. The van der Waals surface area contributed by atoms with Crippen molar-refractivity contribution in [1.29, 1.82) is 0 Å². The van der Waals surface area contributed by atoms with Crippen LogP contribution in [0.3, 0.4) is 0 Å².